The summed E-state index contributed by atoms with van der Waals surface area (Å²) in [6, 6.07) is 43.8. The van der Waals surface area contributed by atoms with E-state index in [9.17, 15) is 4.79 Å². The molecule has 0 aliphatic carbocycles. The standard InChI is InChI=1S/C36H30N2O2/c37-26-30-7-4-6-29(24-30)13-12-27-14-18-31(19-15-27)32-8-5-9-33(25-32)36(39)38-23-22-28-16-20-35(21-17-28)40-34-10-2-1-3-11-34/h1-11,14-21,24-25H,12-13,22-23H2,(H,38,39). The van der Waals surface area contributed by atoms with Gasteiger partial charge in [-0.1, -0.05) is 78.9 Å². The SMILES string of the molecule is N#Cc1cccc(CCc2ccc(-c3cccc(C(=O)NCCc4ccc(Oc5ccccc5)cc4)c3)cc2)c1. The highest BCUT2D eigenvalue weighted by Crippen LogP contribution is 2.23. The minimum absolute atomic E-state index is 0.0814. The van der Waals surface area contributed by atoms with Crippen molar-refractivity contribution in [2.45, 2.75) is 19.3 Å². The van der Waals surface area contributed by atoms with E-state index in [-0.39, 0.29) is 5.91 Å². The number of rotatable bonds is 10. The van der Waals surface area contributed by atoms with Crippen LogP contribution in [0.25, 0.3) is 11.1 Å². The molecule has 40 heavy (non-hydrogen) atoms. The predicted octanol–water partition coefficient (Wildman–Crippen LogP) is 7.78. The third-order valence-corrected chi connectivity index (χ3v) is 6.77. The van der Waals surface area contributed by atoms with Crippen molar-refractivity contribution in [1.29, 1.82) is 5.26 Å². The molecule has 4 heteroatoms. The maximum absolute atomic E-state index is 12.8. The Kier molecular flexibility index (Phi) is 8.66. The molecule has 0 aliphatic rings. The normalized spacial score (nSPS) is 10.5. The molecule has 196 valence electrons. The zero-order valence-electron chi connectivity index (χ0n) is 22.2. The van der Waals surface area contributed by atoms with Crippen LogP contribution in [-0.2, 0) is 19.3 Å². The van der Waals surface area contributed by atoms with Crippen molar-refractivity contribution in [3.63, 3.8) is 0 Å². The Bertz CT molecular complexity index is 1600. The van der Waals surface area contributed by atoms with Crippen molar-refractivity contribution in [3.05, 3.63) is 155 Å². The molecule has 0 fully saturated rings. The number of hydrogen-bond acceptors (Lipinski definition) is 3. The molecule has 0 heterocycles. The van der Waals surface area contributed by atoms with Gasteiger partial charge < -0.3 is 10.1 Å². The molecular weight excluding hydrogens is 492 g/mol. The Morgan fingerprint density at radius 3 is 2.08 bits per heavy atom. The molecule has 0 saturated carbocycles. The summed E-state index contributed by atoms with van der Waals surface area (Å²) in [5.74, 6) is 1.51. The molecule has 1 amide bonds. The van der Waals surface area contributed by atoms with Crippen LogP contribution in [0.15, 0.2) is 127 Å². The van der Waals surface area contributed by atoms with Crippen LogP contribution in [0.1, 0.15) is 32.6 Å². The molecule has 5 aromatic rings. The van der Waals surface area contributed by atoms with Gasteiger partial charge in [-0.25, -0.2) is 0 Å². The maximum Gasteiger partial charge on any atom is 0.251 e. The van der Waals surface area contributed by atoms with Gasteiger partial charge in [-0.15, -0.1) is 0 Å². The van der Waals surface area contributed by atoms with Crippen LogP contribution < -0.4 is 10.1 Å². The van der Waals surface area contributed by atoms with Crippen LogP contribution in [0.2, 0.25) is 0 Å². The number of nitrogens with zero attached hydrogens (tertiary/aromatic N) is 1. The average Bonchev–Trinajstić information content (AvgIpc) is 3.02. The smallest absolute Gasteiger partial charge is 0.251 e. The number of para-hydroxylation sites is 1. The first kappa shape index (κ1) is 26.5. The van der Waals surface area contributed by atoms with Gasteiger partial charge >= 0.3 is 0 Å². The van der Waals surface area contributed by atoms with Crippen molar-refractivity contribution < 1.29 is 9.53 Å². The summed E-state index contributed by atoms with van der Waals surface area (Å²) in [4.78, 5) is 12.8. The summed E-state index contributed by atoms with van der Waals surface area (Å²) in [6.45, 7) is 0.550. The zero-order chi connectivity index (χ0) is 27.6. The Labute approximate surface area is 235 Å². The number of carbonyl (C=O) groups excluding carboxylic acids is 1. The van der Waals surface area contributed by atoms with E-state index in [1.807, 2.05) is 97.1 Å². The number of hydrogen-bond donors (Lipinski definition) is 1. The number of ether oxygens (including phenoxy) is 1. The second-order valence-electron chi connectivity index (χ2n) is 9.65. The van der Waals surface area contributed by atoms with E-state index in [1.165, 1.54) is 5.56 Å². The average molecular weight is 523 g/mol. The summed E-state index contributed by atoms with van der Waals surface area (Å²) in [5, 5.41) is 12.1. The van der Waals surface area contributed by atoms with Crippen LogP contribution >= 0.6 is 0 Å². The lowest BCUT2D eigenvalue weighted by Gasteiger charge is -2.09. The van der Waals surface area contributed by atoms with Gasteiger partial charge in [0.05, 0.1) is 11.6 Å². The second kappa shape index (κ2) is 13.1. The minimum atomic E-state index is -0.0814. The first-order chi connectivity index (χ1) is 19.7. The lowest BCUT2D eigenvalue weighted by molar-refractivity contribution is 0.0954. The van der Waals surface area contributed by atoms with E-state index in [0.717, 1.165) is 53.0 Å². The summed E-state index contributed by atoms with van der Waals surface area (Å²) in [5.41, 5.74) is 6.95. The minimum Gasteiger partial charge on any atom is -0.457 e. The highest BCUT2D eigenvalue weighted by molar-refractivity contribution is 5.95. The Morgan fingerprint density at radius 1 is 0.625 bits per heavy atom. The molecule has 0 unspecified atom stereocenters. The third kappa shape index (κ3) is 7.24. The molecule has 1 N–H and O–H groups in total. The van der Waals surface area contributed by atoms with Crippen molar-refractivity contribution in [2.75, 3.05) is 6.54 Å². The van der Waals surface area contributed by atoms with E-state index in [0.29, 0.717) is 17.7 Å². The highest BCUT2D eigenvalue weighted by atomic mass is 16.5. The van der Waals surface area contributed by atoms with Gasteiger partial charge in [0.1, 0.15) is 11.5 Å². The van der Waals surface area contributed by atoms with Gasteiger partial charge in [-0.3, -0.25) is 4.79 Å². The van der Waals surface area contributed by atoms with Crippen molar-refractivity contribution in [3.8, 4) is 28.7 Å². The number of aryl methyl sites for hydroxylation is 2. The Morgan fingerprint density at radius 2 is 1.30 bits per heavy atom. The van der Waals surface area contributed by atoms with Gasteiger partial charge in [-0.2, -0.15) is 5.26 Å². The van der Waals surface area contributed by atoms with Crippen LogP contribution in [0.4, 0.5) is 0 Å². The number of benzene rings is 5. The van der Waals surface area contributed by atoms with Crippen LogP contribution in [0.5, 0.6) is 11.5 Å². The fourth-order valence-electron chi connectivity index (χ4n) is 4.56. The lowest BCUT2D eigenvalue weighted by Crippen LogP contribution is -2.25. The Hall–Kier alpha value is -5.14. The molecule has 5 rings (SSSR count). The topological polar surface area (TPSA) is 62.1 Å². The number of nitrogens with one attached hydrogen (secondary N) is 1. The van der Waals surface area contributed by atoms with Gasteiger partial charge in [0.15, 0.2) is 0 Å². The molecule has 5 aromatic carbocycles. The second-order valence-corrected chi connectivity index (χ2v) is 9.65. The van der Waals surface area contributed by atoms with Crippen LogP contribution in [-0.4, -0.2) is 12.5 Å². The van der Waals surface area contributed by atoms with E-state index in [1.54, 1.807) is 0 Å². The van der Waals surface area contributed by atoms with Crippen LogP contribution in [0.3, 0.4) is 0 Å². The van der Waals surface area contributed by atoms with Crippen molar-refractivity contribution in [2.24, 2.45) is 0 Å². The lowest BCUT2D eigenvalue weighted by atomic mass is 9.98. The molecule has 0 bridgehead atoms. The van der Waals surface area contributed by atoms with Gasteiger partial charge in [-0.05, 0) is 95.6 Å². The van der Waals surface area contributed by atoms with Gasteiger partial charge in [0, 0.05) is 12.1 Å². The number of carbonyl (C=O) groups is 1. The number of nitriles is 1. The van der Waals surface area contributed by atoms with Gasteiger partial charge in [0.2, 0.25) is 0 Å². The summed E-state index contributed by atoms with van der Waals surface area (Å²) in [6.07, 6.45) is 2.52. The quantitative estimate of drug-likeness (QED) is 0.204. The van der Waals surface area contributed by atoms with E-state index in [2.05, 4.69) is 41.7 Å². The van der Waals surface area contributed by atoms with Crippen LogP contribution in [0, 0.1) is 11.3 Å². The largest absolute Gasteiger partial charge is 0.457 e. The predicted molar refractivity (Wildman–Crippen MR) is 159 cm³/mol. The molecule has 0 radical (unpaired) electrons. The molecule has 0 aromatic heterocycles. The number of amides is 1. The third-order valence-electron chi connectivity index (χ3n) is 6.77. The van der Waals surface area contributed by atoms with E-state index >= 15 is 0 Å². The van der Waals surface area contributed by atoms with Gasteiger partial charge in [0.25, 0.3) is 5.91 Å². The maximum atomic E-state index is 12.8. The summed E-state index contributed by atoms with van der Waals surface area (Å²) < 4.78 is 5.85. The van der Waals surface area contributed by atoms with Crippen molar-refractivity contribution in [1.82, 2.24) is 5.32 Å². The Balaban J connectivity index is 1.12. The first-order valence-corrected chi connectivity index (χ1v) is 13.4. The molecule has 4 nitrogen and oxygen atoms in total. The molecule has 0 aliphatic heterocycles. The monoisotopic (exact) mass is 522 g/mol. The first-order valence-electron chi connectivity index (χ1n) is 13.4. The molecule has 0 atom stereocenters. The molecule has 0 saturated heterocycles. The zero-order valence-corrected chi connectivity index (χ0v) is 22.2. The molecule has 0 spiro atoms. The molecular formula is C36H30N2O2. The fraction of sp³-hybridized carbons (Fsp3) is 0.111. The van der Waals surface area contributed by atoms with Crippen molar-refractivity contribution >= 4 is 5.91 Å². The van der Waals surface area contributed by atoms with E-state index < -0.39 is 0 Å². The summed E-state index contributed by atoms with van der Waals surface area (Å²) >= 11 is 0. The summed E-state index contributed by atoms with van der Waals surface area (Å²) in [7, 11) is 0. The highest BCUT2D eigenvalue weighted by Gasteiger charge is 2.08. The fourth-order valence-corrected chi connectivity index (χ4v) is 4.56. The van der Waals surface area contributed by atoms with E-state index in [4.69, 9.17) is 10.00 Å².